The zero-order valence-electron chi connectivity index (χ0n) is 15.5. The van der Waals surface area contributed by atoms with Crippen molar-refractivity contribution in [2.75, 3.05) is 13.1 Å². The Morgan fingerprint density at radius 2 is 1.93 bits per heavy atom. The molecule has 2 aromatic rings. The second kappa shape index (κ2) is 7.94. The number of benzene rings is 1. The summed E-state index contributed by atoms with van der Waals surface area (Å²) in [7, 11) is 0. The fourth-order valence-corrected chi connectivity index (χ4v) is 4.32. The topological polar surface area (TPSA) is 78.1 Å². The van der Waals surface area contributed by atoms with Crippen LogP contribution in [0, 0.1) is 0 Å². The molecule has 1 saturated carbocycles. The Kier molecular flexibility index (Phi) is 5.23. The molecular weight excluding hydrogens is 340 g/mol. The van der Waals surface area contributed by atoms with Crippen molar-refractivity contribution in [2.24, 2.45) is 0 Å². The molecule has 6 nitrogen and oxygen atoms in total. The Labute approximate surface area is 159 Å². The van der Waals surface area contributed by atoms with Crippen LogP contribution >= 0.6 is 0 Å². The highest BCUT2D eigenvalue weighted by atomic mass is 16.2. The summed E-state index contributed by atoms with van der Waals surface area (Å²) in [4.78, 5) is 27.6. The van der Waals surface area contributed by atoms with Crippen molar-refractivity contribution in [3.8, 4) is 0 Å². The summed E-state index contributed by atoms with van der Waals surface area (Å²) in [6, 6.07) is 9.38. The number of hydrogen-bond acceptors (Lipinski definition) is 3. The van der Waals surface area contributed by atoms with E-state index in [1.165, 1.54) is 19.3 Å². The molecule has 142 valence electrons. The van der Waals surface area contributed by atoms with Crippen molar-refractivity contribution in [2.45, 2.75) is 50.5 Å². The lowest BCUT2D eigenvalue weighted by molar-refractivity contribution is -0.127. The van der Waals surface area contributed by atoms with Gasteiger partial charge in [0, 0.05) is 25.4 Å². The summed E-state index contributed by atoms with van der Waals surface area (Å²) in [5, 5.41) is 10.1. The number of rotatable bonds is 4. The van der Waals surface area contributed by atoms with Gasteiger partial charge in [0.15, 0.2) is 0 Å². The van der Waals surface area contributed by atoms with E-state index in [1.807, 2.05) is 30.3 Å². The van der Waals surface area contributed by atoms with E-state index in [1.54, 1.807) is 11.1 Å². The maximum atomic E-state index is 13.4. The molecule has 2 fully saturated rings. The molecule has 1 aliphatic heterocycles. The first kappa shape index (κ1) is 17.8. The number of aromatic nitrogens is 2. The first-order valence-corrected chi connectivity index (χ1v) is 9.90. The van der Waals surface area contributed by atoms with Crippen molar-refractivity contribution in [1.29, 1.82) is 0 Å². The van der Waals surface area contributed by atoms with Gasteiger partial charge in [-0.15, -0.1) is 0 Å². The third-order valence-electron chi connectivity index (χ3n) is 5.78. The van der Waals surface area contributed by atoms with Crippen molar-refractivity contribution in [1.82, 2.24) is 20.4 Å². The highest BCUT2D eigenvalue weighted by Crippen LogP contribution is 2.33. The molecule has 6 heteroatoms. The fraction of sp³-hybridized carbons (Fsp3) is 0.476. The van der Waals surface area contributed by atoms with Crippen LogP contribution in [0.15, 0.2) is 36.5 Å². The van der Waals surface area contributed by atoms with Gasteiger partial charge in [0.1, 0.15) is 6.04 Å². The molecule has 0 bridgehead atoms. The smallest absolute Gasteiger partial charge is 0.258 e. The number of carbonyl (C=O) groups excluding carboxylic acids is 2. The Hall–Kier alpha value is -2.63. The van der Waals surface area contributed by atoms with Gasteiger partial charge >= 0.3 is 0 Å². The number of hydrogen-bond donors (Lipinski definition) is 2. The molecular formula is C21H26N4O2. The molecule has 2 aliphatic rings. The normalized spacial score (nSPS) is 21.1. The highest BCUT2D eigenvalue weighted by Gasteiger charge is 2.35. The van der Waals surface area contributed by atoms with Crippen molar-refractivity contribution in [3.05, 3.63) is 53.3 Å². The average Bonchev–Trinajstić information content (AvgIpc) is 3.20. The molecule has 1 atom stereocenters. The Balaban J connectivity index is 1.58. The predicted molar refractivity (Wildman–Crippen MR) is 102 cm³/mol. The van der Waals surface area contributed by atoms with Crippen LogP contribution in [0.1, 0.15) is 59.6 Å². The Morgan fingerprint density at radius 1 is 1.15 bits per heavy atom. The zero-order valence-corrected chi connectivity index (χ0v) is 15.5. The van der Waals surface area contributed by atoms with E-state index in [-0.39, 0.29) is 11.8 Å². The maximum absolute atomic E-state index is 13.4. The molecule has 27 heavy (non-hydrogen) atoms. The molecule has 1 aromatic carbocycles. The zero-order chi connectivity index (χ0) is 18.6. The van der Waals surface area contributed by atoms with Crippen LogP contribution in [-0.4, -0.2) is 46.0 Å². The van der Waals surface area contributed by atoms with Crippen molar-refractivity contribution in [3.63, 3.8) is 0 Å². The number of amides is 2. The first-order valence-electron chi connectivity index (χ1n) is 9.90. The minimum Gasteiger partial charge on any atom is -0.353 e. The van der Waals surface area contributed by atoms with E-state index in [2.05, 4.69) is 15.5 Å². The van der Waals surface area contributed by atoms with E-state index in [9.17, 15) is 9.59 Å². The van der Waals surface area contributed by atoms with Crippen LogP contribution in [0.2, 0.25) is 0 Å². The monoisotopic (exact) mass is 366 g/mol. The number of nitrogens with one attached hydrogen (secondary N) is 2. The Morgan fingerprint density at radius 3 is 2.70 bits per heavy atom. The first-order chi connectivity index (χ1) is 13.2. The molecule has 0 spiro atoms. The minimum atomic E-state index is -0.484. The molecule has 2 heterocycles. The molecule has 4 rings (SSSR count). The molecule has 1 aromatic heterocycles. The third kappa shape index (κ3) is 3.75. The number of H-pyrrole nitrogens is 1. The van der Waals surface area contributed by atoms with Gasteiger partial charge in [-0.3, -0.25) is 14.7 Å². The molecule has 2 amide bonds. The van der Waals surface area contributed by atoms with Gasteiger partial charge in [-0.1, -0.05) is 49.6 Å². The summed E-state index contributed by atoms with van der Waals surface area (Å²) >= 11 is 0. The third-order valence-corrected chi connectivity index (χ3v) is 5.78. The van der Waals surface area contributed by atoms with Crippen LogP contribution in [0.5, 0.6) is 0 Å². The van der Waals surface area contributed by atoms with Crippen LogP contribution in [-0.2, 0) is 11.2 Å². The largest absolute Gasteiger partial charge is 0.353 e. The number of nitrogens with zero attached hydrogens (tertiary/aromatic N) is 2. The van der Waals surface area contributed by atoms with E-state index >= 15 is 0 Å². The summed E-state index contributed by atoms with van der Waals surface area (Å²) in [5.41, 5.74) is 2.64. The van der Waals surface area contributed by atoms with E-state index in [4.69, 9.17) is 0 Å². The molecule has 1 aliphatic carbocycles. The lowest BCUT2D eigenvalue weighted by Crippen LogP contribution is -2.58. The lowest BCUT2D eigenvalue weighted by atomic mass is 9.85. The van der Waals surface area contributed by atoms with E-state index in [0.29, 0.717) is 31.0 Å². The lowest BCUT2D eigenvalue weighted by Gasteiger charge is -2.35. The van der Waals surface area contributed by atoms with E-state index < -0.39 is 6.04 Å². The quantitative estimate of drug-likeness (QED) is 0.873. The van der Waals surface area contributed by atoms with Gasteiger partial charge < -0.3 is 10.2 Å². The number of piperazine rings is 1. The average molecular weight is 366 g/mol. The SMILES string of the molecule is O=C1NCCN(C(=O)c2cn[nH]c2C2CCCCC2)C1Cc1ccccc1. The molecule has 0 radical (unpaired) electrons. The summed E-state index contributed by atoms with van der Waals surface area (Å²) in [6.45, 7) is 1.02. The van der Waals surface area contributed by atoms with E-state index in [0.717, 1.165) is 24.1 Å². The van der Waals surface area contributed by atoms with Gasteiger partial charge in [-0.05, 0) is 18.4 Å². The van der Waals surface area contributed by atoms with Crippen molar-refractivity contribution < 1.29 is 9.59 Å². The fourth-order valence-electron chi connectivity index (χ4n) is 4.32. The molecule has 1 unspecified atom stereocenters. The summed E-state index contributed by atoms with van der Waals surface area (Å²) in [5.74, 6) is 0.202. The van der Waals surface area contributed by atoms with Gasteiger partial charge in [0.25, 0.3) is 5.91 Å². The van der Waals surface area contributed by atoms with Gasteiger partial charge in [-0.2, -0.15) is 5.10 Å². The summed E-state index contributed by atoms with van der Waals surface area (Å²) < 4.78 is 0. The van der Waals surface area contributed by atoms with Gasteiger partial charge in [0.2, 0.25) is 5.91 Å². The van der Waals surface area contributed by atoms with Crippen molar-refractivity contribution >= 4 is 11.8 Å². The molecule has 1 saturated heterocycles. The Bertz CT molecular complexity index is 796. The number of aromatic amines is 1. The van der Waals surface area contributed by atoms with Gasteiger partial charge in [0.05, 0.1) is 17.5 Å². The number of carbonyl (C=O) groups is 2. The molecule has 2 N–H and O–H groups in total. The maximum Gasteiger partial charge on any atom is 0.258 e. The summed E-state index contributed by atoms with van der Waals surface area (Å²) in [6.07, 6.45) is 8.00. The second-order valence-electron chi connectivity index (χ2n) is 7.53. The van der Waals surface area contributed by atoms with Crippen LogP contribution in [0.4, 0.5) is 0 Å². The van der Waals surface area contributed by atoms with Crippen LogP contribution in [0.25, 0.3) is 0 Å². The standard InChI is InChI=1S/C21H26N4O2/c26-20-18(13-15-7-3-1-4-8-15)25(12-11-22-20)21(27)17-14-23-24-19(17)16-9-5-2-6-10-16/h1,3-4,7-8,14,16,18H,2,5-6,9-13H2,(H,22,26)(H,23,24). The van der Waals surface area contributed by atoms with Crippen LogP contribution < -0.4 is 5.32 Å². The van der Waals surface area contributed by atoms with Crippen LogP contribution in [0.3, 0.4) is 0 Å². The second-order valence-corrected chi connectivity index (χ2v) is 7.53. The highest BCUT2D eigenvalue weighted by molar-refractivity contribution is 5.99. The minimum absolute atomic E-state index is 0.0823. The van der Waals surface area contributed by atoms with Gasteiger partial charge in [-0.25, -0.2) is 0 Å². The predicted octanol–water partition coefficient (Wildman–Crippen LogP) is 2.64.